The molecular formula is C15H23N. The monoisotopic (exact) mass is 217 g/mol. The lowest BCUT2D eigenvalue weighted by molar-refractivity contribution is 0.859. The van der Waals surface area contributed by atoms with Gasteiger partial charge in [0.15, 0.2) is 0 Å². The molecule has 0 N–H and O–H groups in total. The highest BCUT2D eigenvalue weighted by molar-refractivity contribution is 5.64. The van der Waals surface area contributed by atoms with Gasteiger partial charge >= 0.3 is 0 Å². The molecule has 0 fully saturated rings. The number of rotatable bonds is 3. The van der Waals surface area contributed by atoms with E-state index in [1.54, 1.807) is 0 Å². The van der Waals surface area contributed by atoms with Crippen LogP contribution in [0.25, 0.3) is 12.2 Å². The van der Waals surface area contributed by atoms with Crippen molar-refractivity contribution in [2.45, 2.75) is 40.5 Å². The molecule has 0 aromatic carbocycles. The quantitative estimate of drug-likeness (QED) is 0.701. The van der Waals surface area contributed by atoms with E-state index in [4.69, 9.17) is 0 Å². The van der Waals surface area contributed by atoms with Crippen molar-refractivity contribution in [1.82, 2.24) is 4.98 Å². The number of allylic oxidation sites excluding steroid dienone is 1. The van der Waals surface area contributed by atoms with Gasteiger partial charge in [0.05, 0.1) is 5.69 Å². The van der Waals surface area contributed by atoms with Crippen molar-refractivity contribution in [3.05, 3.63) is 41.7 Å². The zero-order chi connectivity index (χ0) is 12.6. The third-order valence-corrected chi connectivity index (χ3v) is 2.21. The molecule has 0 aliphatic rings. The van der Waals surface area contributed by atoms with Crippen LogP contribution in [0.4, 0.5) is 0 Å². The van der Waals surface area contributed by atoms with E-state index in [2.05, 4.69) is 31.5 Å². The predicted molar refractivity (Wildman–Crippen MR) is 74.5 cm³/mol. The summed E-state index contributed by atoms with van der Waals surface area (Å²) >= 11 is 0. The molecule has 1 nitrogen and oxygen atoms in total. The number of pyridine rings is 1. The summed E-state index contributed by atoms with van der Waals surface area (Å²) in [5, 5.41) is 0. The average molecular weight is 217 g/mol. The van der Waals surface area contributed by atoms with Crippen molar-refractivity contribution < 1.29 is 0 Å². The maximum absolute atomic E-state index is 4.32. The van der Waals surface area contributed by atoms with Crippen LogP contribution in [0.3, 0.4) is 0 Å². The maximum atomic E-state index is 4.32. The van der Waals surface area contributed by atoms with Gasteiger partial charge in [-0.25, -0.2) is 0 Å². The molecule has 88 valence electrons. The van der Waals surface area contributed by atoms with Gasteiger partial charge in [0.25, 0.3) is 0 Å². The topological polar surface area (TPSA) is 12.9 Å². The second-order valence-electron chi connectivity index (χ2n) is 3.56. The minimum absolute atomic E-state index is 0.509. The molecule has 1 aromatic rings. The summed E-state index contributed by atoms with van der Waals surface area (Å²) < 4.78 is 0. The molecule has 0 aliphatic carbocycles. The minimum Gasteiger partial charge on any atom is -0.256 e. The van der Waals surface area contributed by atoms with Gasteiger partial charge in [-0.3, -0.25) is 4.98 Å². The Morgan fingerprint density at radius 3 is 2.38 bits per heavy atom. The summed E-state index contributed by atoms with van der Waals surface area (Å²) in [4.78, 5) is 4.32. The Hall–Kier alpha value is -1.37. The first-order valence-corrected chi connectivity index (χ1v) is 5.94. The fourth-order valence-electron chi connectivity index (χ4n) is 1.52. The Bertz CT molecular complexity index is 348. The lowest BCUT2D eigenvalue weighted by atomic mass is 9.96. The molecule has 0 radical (unpaired) electrons. The first-order valence-electron chi connectivity index (χ1n) is 5.94. The molecule has 16 heavy (non-hydrogen) atoms. The van der Waals surface area contributed by atoms with Crippen molar-refractivity contribution in [1.29, 1.82) is 0 Å². The molecule has 1 heterocycles. The normalized spacial score (nSPS) is 10.1. The van der Waals surface area contributed by atoms with E-state index in [0.29, 0.717) is 5.92 Å². The summed E-state index contributed by atoms with van der Waals surface area (Å²) in [5.74, 6) is 0.509. The Labute approximate surface area is 99.9 Å². The van der Waals surface area contributed by atoms with Gasteiger partial charge in [-0.05, 0) is 30.5 Å². The first kappa shape index (κ1) is 14.6. The van der Waals surface area contributed by atoms with Crippen molar-refractivity contribution in [2.24, 2.45) is 0 Å². The Morgan fingerprint density at radius 2 is 1.94 bits per heavy atom. The van der Waals surface area contributed by atoms with Gasteiger partial charge < -0.3 is 0 Å². The van der Waals surface area contributed by atoms with Crippen LogP contribution in [0, 0.1) is 0 Å². The molecule has 0 spiro atoms. The summed E-state index contributed by atoms with van der Waals surface area (Å²) in [6, 6.07) is 2.06. The molecule has 1 heteroatoms. The van der Waals surface area contributed by atoms with Crippen LogP contribution >= 0.6 is 0 Å². The SMILES string of the molecule is C=Cc1c(C(C)C)ccnc1/C=C\C.CC. The smallest absolute Gasteiger partial charge is 0.0701 e. The molecule has 1 aromatic heterocycles. The van der Waals surface area contributed by atoms with Crippen LogP contribution in [0.15, 0.2) is 24.9 Å². The predicted octanol–water partition coefficient (Wildman–Crippen LogP) is 4.91. The van der Waals surface area contributed by atoms with Gasteiger partial charge in [0, 0.05) is 11.8 Å². The highest BCUT2D eigenvalue weighted by atomic mass is 14.7. The zero-order valence-corrected chi connectivity index (χ0v) is 11.1. The number of aromatic nitrogens is 1. The maximum Gasteiger partial charge on any atom is 0.0701 e. The van der Waals surface area contributed by atoms with Gasteiger partial charge in [-0.15, -0.1) is 0 Å². The van der Waals surface area contributed by atoms with Crippen molar-refractivity contribution in [3.8, 4) is 0 Å². The van der Waals surface area contributed by atoms with Gasteiger partial charge in [-0.1, -0.05) is 46.4 Å². The second-order valence-corrected chi connectivity index (χ2v) is 3.56. The van der Waals surface area contributed by atoms with Crippen LogP contribution in [-0.2, 0) is 0 Å². The standard InChI is InChI=1S/C13H17N.C2H6/c1-5-7-13-11(6-2)12(10(3)4)8-9-14-13;1-2/h5-10H,2H2,1,3-4H3;1-2H3/b7-5-;. The fourth-order valence-corrected chi connectivity index (χ4v) is 1.52. The zero-order valence-electron chi connectivity index (χ0n) is 11.1. The molecule has 0 amide bonds. The summed E-state index contributed by atoms with van der Waals surface area (Å²) in [6.07, 6.45) is 7.76. The van der Waals surface area contributed by atoms with E-state index in [1.807, 2.05) is 45.2 Å². The molecule has 0 unspecified atom stereocenters. The fraction of sp³-hybridized carbons (Fsp3) is 0.400. The third-order valence-electron chi connectivity index (χ3n) is 2.21. The van der Waals surface area contributed by atoms with Crippen LogP contribution in [0.2, 0.25) is 0 Å². The third kappa shape index (κ3) is 3.65. The van der Waals surface area contributed by atoms with Gasteiger partial charge in [0.1, 0.15) is 0 Å². The van der Waals surface area contributed by atoms with E-state index in [1.165, 1.54) is 5.56 Å². The van der Waals surface area contributed by atoms with E-state index in [-0.39, 0.29) is 0 Å². The Morgan fingerprint density at radius 1 is 1.31 bits per heavy atom. The van der Waals surface area contributed by atoms with Crippen LogP contribution in [-0.4, -0.2) is 4.98 Å². The van der Waals surface area contributed by atoms with Crippen molar-refractivity contribution in [2.75, 3.05) is 0 Å². The minimum atomic E-state index is 0.509. The lowest BCUT2D eigenvalue weighted by Crippen LogP contribution is -1.96. The number of hydrogen-bond donors (Lipinski definition) is 0. The first-order chi connectivity index (χ1) is 7.70. The van der Waals surface area contributed by atoms with Gasteiger partial charge in [0.2, 0.25) is 0 Å². The summed E-state index contributed by atoms with van der Waals surface area (Å²) in [7, 11) is 0. The number of hydrogen-bond acceptors (Lipinski definition) is 1. The molecule has 1 rings (SSSR count). The van der Waals surface area contributed by atoms with E-state index >= 15 is 0 Å². The molecule has 0 saturated heterocycles. The molecule has 0 aliphatic heterocycles. The molecular weight excluding hydrogens is 194 g/mol. The molecule has 0 saturated carbocycles. The number of nitrogens with zero attached hydrogens (tertiary/aromatic N) is 1. The van der Waals surface area contributed by atoms with Crippen molar-refractivity contribution in [3.63, 3.8) is 0 Å². The Balaban J connectivity index is 0.00000106. The summed E-state index contributed by atoms with van der Waals surface area (Å²) in [5.41, 5.74) is 3.47. The van der Waals surface area contributed by atoms with E-state index in [0.717, 1.165) is 11.3 Å². The average Bonchev–Trinajstić information content (AvgIpc) is 2.31. The highest BCUT2D eigenvalue weighted by Gasteiger charge is 2.07. The second kappa shape index (κ2) is 7.86. The van der Waals surface area contributed by atoms with E-state index in [9.17, 15) is 0 Å². The van der Waals surface area contributed by atoms with Crippen LogP contribution < -0.4 is 0 Å². The molecule has 0 atom stereocenters. The van der Waals surface area contributed by atoms with Gasteiger partial charge in [-0.2, -0.15) is 0 Å². The van der Waals surface area contributed by atoms with Crippen molar-refractivity contribution >= 4 is 12.2 Å². The largest absolute Gasteiger partial charge is 0.256 e. The lowest BCUT2D eigenvalue weighted by Gasteiger charge is -2.11. The summed E-state index contributed by atoms with van der Waals surface area (Å²) in [6.45, 7) is 14.2. The van der Waals surface area contributed by atoms with E-state index < -0.39 is 0 Å². The molecule has 0 bridgehead atoms. The highest BCUT2D eigenvalue weighted by Crippen LogP contribution is 2.22. The Kier molecular flexibility index (Phi) is 7.19. The van der Waals surface area contributed by atoms with Crippen LogP contribution in [0.1, 0.15) is 57.4 Å². The van der Waals surface area contributed by atoms with Crippen LogP contribution in [0.5, 0.6) is 0 Å².